The first-order valence-corrected chi connectivity index (χ1v) is 11.6. The number of nitrogens with one attached hydrogen (secondary N) is 3. The average molecular weight is 445 g/mol. The number of halogens is 1. The van der Waals surface area contributed by atoms with Crippen molar-refractivity contribution in [2.45, 2.75) is 57.5 Å². The van der Waals surface area contributed by atoms with Crippen LogP contribution in [0.25, 0.3) is 11.4 Å². The van der Waals surface area contributed by atoms with E-state index in [1.807, 2.05) is 12.1 Å². The molecular weight excluding hydrogens is 412 g/mol. The second kappa shape index (κ2) is 10.1. The van der Waals surface area contributed by atoms with Gasteiger partial charge in [0.1, 0.15) is 5.69 Å². The number of pyridine rings is 1. The highest BCUT2D eigenvalue weighted by molar-refractivity contribution is 6.32. The maximum Gasteiger partial charge on any atom is 0.223 e. The lowest BCUT2D eigenvalue weighted by Gasteiger charge is -2.29. The van der Waals surface area contributed by atoms with E-state index in [2.05, 4.69) is 32.8 Å². The highest BCUT2D eigenvalue weighted by Crippen LogP contribution is 2.44. The van der Waals surface area contributed by atoms with Gasteiger partial charge in [0.05, 0.1) is 23.5 Å². The van der Waals surface area contributed by atoms with E-state index in [0.717, 1.165) is 56.8 Å². The summed E-state index contributed by atoms with van der Waals surface area (Å²) in [6, 6.07) is 4.94. The predicted octanol–water partition coefficient (Wildman–Crippen LogP) is 4.36. The van der Waals surface area contributed by atoms with Gasteiger partial charge in [-0.1, -0.05) is 18.5 Å². The van der Waals surface area contributed by atoms with Gasteiger partial charge in [-0.25, -0.2) is 9.97 Å². The van der Waals surface area contributed by atoms with E-state index >= 15 is 0 Å². The Hall–Kier alpha value is -1.96. The van der Waals surface area contributed by atoms with Crippen LogP contribution in [-0.4, -0.2) is 53.8 Å². The van der Waals surface area contributed by atoms with Gasteiger partial charge in [-0.3, -0.25) is 4.98 Å². The molecule has 0 radical (unpaired) electrons. The molecule has 0 spiro atoms. The first-order chi connectivity index (χ1) is 15.0. The summed E-state index contributed by atoms with van der Waals surface area (Å²) in [4.78, 5) is 13.6. The van der Waals surface area contributed by atoms with Gasteiger partial charge in [-0.15, -0.1) is 0 Å². The van der Waals surface area contributed by atoms with Gasteiger partial charge in [0, 0.05) is 44.2 Å². The van der Waals surface area contributed by atoms with Crippen LogP contribution in [0.1, 0.15) is 45.4 Å². The zero-order valence-electron chi connectivity index (χ0n) is 18.5. The van der Waals surface area contributed by atoms with Crippen molar-refractivity contribution < 1.29 is 4.74 Å². The fraction of sp³-hybridized carbons (Fsp3) is 0.609. The zero-order chi connectivity index (χ0) is 21.7. The molecule has 0 bridgehead atoms. The number of hydrogen-bond acceptors (Lipinski definition) is 7. The van der Waals surface area contributed by atoms with Crippen molar-refractivity contribution in [2.24, 2.45) is 5.41 Å². The third-order valence-electron chi connectivity index (χ3n) is 6.37. The molecule has 0 amide bonds. The van der Waals surface area contributed by atoms with Crippen molar-refractivity contribution in [3.63, 3.8) is 0 Å². The molecular formula is C23H33ClN6O. The fourth-order valence-corrected chi connectivity index (χ4v) is 4.17. The topological polar surface area (TPSA) is 84.0 Å². The van der Waals surface area contributed by atoms with Crippen molar-refractivity contribution in [3.05, 3.63) is 29.5 Å². The Morgan fingerprint density at radius 1 is 1.16 bits per heavy atom. The summed E-state index contributed by atoms with van der Waals surface area (Å²) in [6.45, 7) is 4.95. The van der Waals surface area contributed by atoms with Crippen LogP contribution in [0.5, 0.6) is 0 Å². The normalized spacial score (nSPS) is 22.2. The second-order valence-electron chi connectivity index (χ2n) is 9.12. The SMILES string of the molecule is COCCNC1CCC(Nc2ncc(Cl)c(-c3cc(NCC4(C)CC4)ccn3)n2)CC1. The van der Waals surface area contributed by atoms with Crippen LogP contribution in [0, 0.1) is 5.41 Å². The highest BCUT2D eigenvalue weighted by Gasteiger charge is 2.36. The molecule has 0 aliphatic heterocycles. The van der Waals surface area contributed by atoms with E-state index in [-0.39, 0.29) is 0 Å². The van der Waals surface area contributed by atoms with Crippen molar-refractivity contribution >= 4 is 23.2 Å². The molecule has 2 heterocycles. The first kappa shape index (κ1) is 22.2. The van der Waals surface area contributed by atoms with Crippen molar-refractivity contribution in [3.8, 4) is 11.4 Å². The van der Waals surface area contributed by atoms with E-state index in [1.165, 1.54) is 12.8 Å². The van der Waals surface area contributed by atoms with Crippen molar-refractivity contribution in [1.29, 1.82) is 0 Å². The second-order valence-corrected chi connectivity index (χ2v) is 9.53. The summed E-state index contributed by atoms with van der Waals surface area (Å²) in [5.41, 5.74) is 2.90. The van der Waals surface area contributed by atoms with E-state index < -0.39 is 0 Å². The van der Waals surface area contributed by atoms with Crippen LogP contribution in [-0.2, 0) is 4.74 Å². The average Bonchev–Trinajstić information content (AvgIpc) is 3.53. The van der Waals surface area contributed by atoms with Gasteiger partial charge in [0.25, 0.3) is 0 Å². The Labute approximate surface area is 189 Å². The molecule has 2 aromatic heterocycles. The smallest absolute Gasteiger partial charge is 0.223 e. The van der Waals surface area contributed by atoms with E-state index in [0.29, 0.717) is 34.2 Å². The molecule has 0 atom stereocenters. The third-order valence-corrected chi connectivity index (χ3v) is 6.65. The van der Waals surface area contributed by atoms with Crippen LogP contribution < -0.4 is 16.0 Å². The first-order valence-electron chi connectivity index (χ1n) is 11.3. The Morgan fingerprint density at radius 2 is 1.94 bits per heavy atom. The third kappa shape index (κ3) is 6.28. The molecule has 2 fully saturated rings. The lowest BCUT2D eigenvalue weighted by atomic mass is 9.91. The van der Waals surface area contributed by atoms with E-state index in [1.54, 1.807) is 19.5 Å². The van der Waals surface area contributed by atoms with Gasteiger partial charge >= 0.3 is 0 Å². The molecule has 4 rings (SSSR count). The number of rotatable bonds is 10. The fourth-order valence-electron chi connectivity index (χ4n) is 3.98. The van der Waals surface area contributed by atoms with Crippen LogP contribution in [0.4, 0.5) is 11.6 Å². The molecule has 0 unspecified atom stereocenters. The number of hydrogen-bond donors (Lipinski definition) is 3. The van der Waals surface area contributed by atoms with Crippen LogP contribution in [0.3, 0.4) is 0 Å². The molecule has 2 aliphatic carbocycles. The van der Waals surface area contributed by atoms with Gasteiger partial charge in [0.15, 0.2) is 0 Å². The Morgan fingerprint density at radius 3 is 2.68 bits per heavy atom. The Kier molecular flexibility index (Phi) is 7.25. The molecule has 2 aliphatic rings. The molecule has 8 heteroatoms. The molecule has 7 nitrogen and oxygen atoms in total. The van der Waals surface area contributed by atoms with Gasteiger partial charge in [-0.2, -0.15) is 0 Å². The summed E-state index contributed by atoms with van der Waals surface area (Å²) in [5.74, 6) is 0.612. The number of methoxy groups -OCH3 is 1. The van der Waals surface area contributed by atoms with Crippen LogP contribution in [0.2, 0.25) is 5.02 Å². The summed E-state index contributed by atoms with van der Waals surface area (Å²) in [5, 5.41) is 11.1. The number of aromatic nitrogens is 3. The van der Waals surface area contributed by atoms with Crippen LogP contribution >= 0.6 is 11.6 Å². The molecule has 0 saturated heterocycles. The molecule has 2 aromatic rings. The molecule has 0 aromatic carbocycles. The van der Waals surface area contributed by atoms with Gasteiger partial charge < -0.3 is 20.7 Å². The summed E-state index contributed by atoms with van der Waals surface area (Å²) in [7, 11) is 1.74. The maximum atomic E-state index is 6.43. The van der Waals surface area contributed by atoms with Gasteiger partial charge in [0.2, 0.25) is 5.95 Å². The Bertz CT molecular complexity index is 867. The monoisotopic (exact) mass is 444 g/mol. The van der Waals surface area contributed by atoms with Crippen LogP contribution in [0.15, 0.2) is 24.5 Å². The van der Waals surface area contributed by atoms with E-state index in [9.17, 15) is 0 Å². The number of ether oxygens (including phenoxy) is 1. The lowest BCUT2D eigenvalue weighted by Crippen LogP contribution is -2.38. The quantitative estimate of drug-likeness (QED) is 0.469. The largest absolute Gasteiger partial charge is 0.384 e. The summed E-state index contributed by atoms with van der Waals surface area (Å²) >= 11 is 6.43. The van der Waals surface area contributed by atoms with Crippen molar-refractivity contribution in [2.75, 3.05) is 37.4 Å². The highest BCUT2D eigenvalue weighted by atomic mass is 35.5. The minimum Gasteiger partial charge on any atom is -0.384 e. The van der Waals surface area contributed by atoms with Crippen molar-refractivity contribution in [1.82, 2.24) is 20.3 Å². The molecule has 2 saturated carbocycles. The Balaban J connectivity index is 1.36. The molecule has 31 heavy (non-hydrogen) atoms. The minimum absolute atomic E-state index is 0.370. The zero-order valence-corrected chi connectivity index (χ0v) is 19.2. The summed E-state index contributed by atoms with van der Waals surface area (Å²) < 4.78 is 5.12. The maximum absolute atomic E-state index is 6.43. The van der Waals surface area contributed by atoms with Gasteiger partial charge in [-0.05, 0) is 56.1 Å². The number of anilines is 2. The summed E-state index contributed by atoms with van der Waals surface area (Å²) in [6.07, 6.45) is 10.5. The molecule has 3 N–H and O–H groups in total. The standard InChI is InChI=1S/C23H33ClN6O/c1-23(8-9-23)15-28-18-7-10-26-20(13-18)21-19(24)14-27-22(30-21)29-17-5-3-16(4-6-17)25-11-12-31-2/h7,10,13-14,16-17,25H,3-6,8-9,11-12,15H2,1-2H3,(H,26,28)(H,27,29,30). The minimum atomic E-state index is 0.370. The molecule has 168 valence electrons. The lowest BCUT2D eigenvalue weighted by molar-refractivity contribution is 0.191. The number of nitrogens with zero attached hydrogens (tertiary/aromatic N) is 3. The predicted molar refractivity (Wildman–Crippen MR) is 126 cm³/mol. The van der Waals surface area contributed by atoms with E-state index in [4.69, 9.17) is 21.3 Å².